The maximum absolute atomic E-state index is 10.5. The molecule has 1 rings (SSSR count). The molecule has 0 spiro atoms. The maximum Gasteiger partial charge on any atom is 0.309 e. The Morgan fingerprint density at radius 1 is 1.75 bits per heavy atom. The van der Waals surface area contributed by atoms with Crippen LogP contribution in [-0.2, 0) is 16.0 Å². The molecule has 1 heterocycles. The van der Waals surface area contributed by atoms with Crippen LogP contribution in [0.15, 0.2) is 5.38 Å². The van der Waals surface area contributed by atoms with Gasteiger partial charge in [0.05, 0.1) is 18.7 Å². The maximum atomic E-state index is 10.5. The number of nitrogens with zero attached hydrogens (tertiary/aromatic N) is 1. The van der Waals surface area contributed by atoms with E-state index in [1.54, 1.807) is 12.5 Å². The first-order chi connectivity index (χ1) is 7.61. The number of aromatic nitrogens is 1. The zero-order valence-electron chi connectivity index (χ0n) is 9.40. The molecule has 0 saturated carbocycles. The summed E-state index contributed by atoms with van der Waals surface area (Å²) in [6.45, 7) is 3.54. The molecule has 6 heteroatoms. The summed E-state index contributed by atoms with van der Waals surface area (Å²) in [5, 5.41) is 14.3. The topological polar surface area (TPSA) is 71.5 Å². The Labute approximate surface area is 98.5 Å². The molecule has 5 nitrogen and oxygen atoms in total. The van der Waals surface area contributed by atoms with Gasteiger partial charge in [0.1, 0.15) is 0 Å². The first-order valence-electron chi connectivity index (χ1n) is 5.00. The molecule has 90 valence electrons. The Morgan fingerprint density at radius 2 is 2.50 bits per heavy atom. The number of carboxylic acid groups (broad SMARTS) is 1. The van der Waals surface area contributed by atoms with Crippen molar-refractivity contribution in [3.05, 3.63) is 11.1 Å². The molecular formula is C10H16N2O3S. The minimum Gasteiger partial charge on any atom is -0.481 e. The van der Waals surface area contributed by atoms with Gasteiger partial charge in [-0.05, 0) is 5.92 Å². The van der Waals surface area contributed by atoms with Crippen LogP contribution in [-0.4, -0.2) is 36.3 Å². The van der Waals surface area contributed by atoms with E-state index in [1.165, 1.54) is 11.3 Å². The Bertz CT molecular complexity index is 341. The SMILES string of the molecule is COCC(C)CNc1nc(CC(=O)O)cs1. The van der Waals surface area contributed by atoms with E-state index in [-0.39, 0.29) is 6.42 Å². The molecule has 2 N–H and O–H groups in total. The summed E-state index contributed by atoms with van der Waals surface area (Å²) in [6, 6.07) is 0. The van der Waals surface area contributed by atoms with Crippen molar-refractivity contribution in [1.29, 1.82) is 0 Å². The molecule has 1 aromatic rings. The molecule has 0 aromatic carbocycles. The standard InChI is InChI=1S/C10H16N2O3S/c1-7(5-15-2)4-11-10-12-8(6-16-10)3-9(13)14/h6-7H,3-5H2,1-2H3,(H,11,12)(H,13,14). The van der Waals surface area contributed by atoms with E-state index in [0.717, 1.165) is 11.7 Å². The fraction of sp³-hybridized carbons (Fsp3) is 0.600. The number of carboxylic acids is 1. The second-order valence-corrected chi connectivity index (χ2v) is 4.51. The number of carbonyl (C=O) groups is 1. The van der Waals surface area contributed by atoms with Gasteiger partial charge >= 0.3 is 5.97 Å². The quantitative estimate of drug-likeness (QED) is 0.760. The van der Waals surface area contributed by atoms with Gasteiger partial charge in [0, 0.05) is 19.0 Å². The van der Waals surface area contributed by atoms with E-state index in [1.807, 2.05) is 0 Å². The van der Waals surface area contributed by atoms with Gasteiger partial charge in [-0.3, -0.25) is 4.79 Å². The van der Waals surface area contributed by atoms with E-state index in [2.05, 4.69) is 17.2 Å². The molecular weight excluding hydrogens is 228 g/mol. The number of thiazole rings is 1. The second kappa shape index (κ2) is 6.44. The van der Waals surface area contributed by atoms with E-state index >= 15 is 0 Å². The van der Waals surface area contributed by atoms with Gasteiger partial charge < -0.3 is 15.2 Å². The lowest BCUT2D eigenvalue weighted by Gasteiger charge is -2.09. The average Bonchev–Trinajstić information content (AvgIpc) is 2.62. The first-order valence-corrected chi connectivity index (χ1v) is 5.88. The van der Waals surface area contributed by atoms with Gasteiger partial charge in [-0.25, -0.2) is 4.98 Å². The van der Waals surface area contributed by atoms with Crippen molar-refractivity contribution in [2.75, 3.05) is 25.6 Å². The van der Waals surface area contributed by atoms with Crippen LogP contribution in [0.1, 0.15) is 12.6 Å². The first kappa shape index (κ1) is 12.9. The highest BCUT2D eigenvalue weighted by Crippen LogP contribution is 2.16. The number of hydrogen-bond acceptors (Lipinski definition) is 5. The van der Waals surface area contributed by atoms with Gasteiger partial charge in [0.25, 0.3) is 0 Å². The second-order valence-electron chi connectivity index (χ2n) is 3.66. The van der Waals surface area contributed by atoms with E-state index in [0.29, 0.717) is 18.2 Å². The van der Waals surface area contributed by atoms with Gasteiger partial charge in [-0.15, -0.1) is 11.3 Å². The summed E-state index contributed by atoms with van der Waals surface area (Å²) in [6.07, 6.45) is -0.0220. The minimum atomic E-state index is -0.857. The predicted molar refractivity (Wildman–Crippen MR) is 63.0 cm³/mol. The Kier molecular flexibility index (Phi) is 5.21. The van der Waals surface area contributed by atoms with Crippen LogP contribution in [0.25, 0.3) is 0 Å². The summed E-state index contributed by atoms with van der Waals surface area (Å²) in [5.74, 6) is -0.457. The van der Waals surface area contributed by atoms with E-state index in [4.69, 9.17) is 9.84 Å². The predicted octanol–water partition coefficient (Wildman–Crippen LogP) is 1.46. The van der Waals surface area contributed by atoms with Crippen LogP contribution in [0.3, 0.4) is 0 Å². The Morgan fingerprint density at radius 3 is 3.12 bits per heavy atom. The highest BCUT2D eigenvalue weighted by Gasteiger charge is 2.07. The van der Waals surface area contributed by atoms with Crippen molar-refractivity contribution in [2.45, 2.75) is 13.3 Å². The number of aliphatic carboxylic acids is 1. The van der Waals surface area contributed by atoms with Crippen molar-refractivity contribution in [3.63, 3.8) is 0 Å². The largest absolute Gasteiger partial charge is 0.481 e. The molecule has 0 aliphatic carbocycles. The molecule has 0 amide bonds. The number of nitrogens with one attached hydrogen (secondary N) is 1. The van der Waals surface area contributed by atoms with Crippen molar-refractivity contribution in [2.24, 2.45) is 5.92 Å². The highest BCUT2D eigenvalue weighted by molar-refractivity contribution is 7.13. The third-order valence-electron chi connectivity index (χ3n) is 1.94. The lowest BCUT2D eigenvalue weighted by molar-refractivity contribution is -0.136. The van der Waals surface area contributed by atoms with Gasteiger partial charge in [-0.2, -0.15) is 0 Å². The molecule has 0 bridgehead atoms. The summed E-state index contributed by atoms with van der Waals surface area (Å²) in [7, 11) is 1.67. The van der Waals surface area contributed by atoms with Crippen LogP contribution < -0.4 is 5.32 Å². The normalized spacial score (nSPS) is 12.4. The Balaban J connectivity index is 2.37. The lowest BCUT2D eigenvalue weighted by atomic mass is 10.2. The van der Waals surface area contributed by atoms with E-state index < -0.39 is 5.97 Å². The molecule has 16 heavy (non-hydrogen) atoms. The monoisotopic (exact) mass is 244 g/mol. The van der Waals surface area contributed by atoms with Crippen molar-refractivity contribution in [1.82, 2.24) is 4.98 Å². The molecule has 1 unspecified atom stereocenters. The van der Waals surface area contributed by atoms with Crippen LogP contribution in [0.5, 0.6) is 0 Å². The molecule has 0 aliphatic rings. The highest BCUT2D eigenvalue weighted by atomic mass is 32.1. The number of anilines is 1. The molecule has 1 atom stereocenters. The van der Waals surface area contributed by atoms with Crippen LogP contribution in [0.4, 0.5) is 5.13 Å². The molecule has 0 aliphatic heterocycles. The molecule has 0 saturated heterocycles. The zero-order valence-corrected chi connectivity index (χ0v) is 10.2. The summed E-state index contributed by atoms with van der Waals surface area (Å²) >= 11 is 1.43. The zero-order chi connectivity index (χ0) is 12.0. The lowest BCUT2D eigenvalue weighted by Crippen LogP contribution is -2.15. The average molecular weight is 244 g/mol. The molecule has 1 aromatic heterocycles. The third kappa shape index (κ3) is 4.59. The fourth-order valence-electron chi connectivity index (χ4n) is 1.23. The fourth-order valence-corrected chi connectivity index (χ4v) is 1.95. The molecule has 0 radical (unpaired) electrons. The third-order valence-corrected chi connectivity index (χ3v) is 2.79. The van der Waals surface area contributed by atoms with Crippen LogP contribution in [0.2, 0.25) is 0 Å². The number of methoxy groups -OCH3 is 1. The number of rotatable bonds is 7. The van der Waals surface area contributed by atoms with Gasteiger partial charge in [-0.1, -0.05) is 6.92 Å². The summed E-state index contributed by atoms with van der Waals surface area (Å²) < 4.78 is 5.02. The van der Waals surface area contributed by atoms with Crippen LogP contribution >= 0.6 is 11.3 Å². The van der Waals surface area contributed by atoms with Gasteiger partial charge in [0.15, 0.2) is 5.13 Å². The van der Waals surface area contributed by atoms with Crippen LogP contribution in [0, 0.1) is 5.92 Å². The summed E-state index contributed by atoms with van der Waals surface area (Å²) in [5.41, 5.74) is 0.597. The van der Waals surface area contributed by atoms with Gasteiger partial charge in [0.2, 0.25) is 0 Å². The van der Waals surface area contributed by atoms with E-state index in [9.17, 15) is 4.79 Å². The summed E-state index contributed by atoms with van der Waals surface area (Å²) in [4.78, 5) is 14.6. The Hall–Kier alpha value is -1.14. The number of ether oxygens (including phenoxy) is 1. The smallest absolute Gasteiger partial charge is 0.309 e. The minimum absolute atomic E-state index is 0.0220. The molecule has 0 fully saturated rings. The van der Waals surface area contributed by atoms with Crippen molar-refractivity contribution in [3.8, 4) is 0 Å². The van der Waals surface area contributed by atoms with Crippen molar-refractivity contribution >= 4 is 22.4 Å². The number of hydrogen-bond donors (Lipinski definition) is 2. The van der Waals surface area contributed by atoms with Crippen molar-refractivity contribution < 1.29 is 14.6 Å².